The number of ether oxygens (including phenoxy) is 1. The molecule has 3 aromatic rings. The van der Waals surface area contributed by atoms with Crippen LogP contribution in [-0.2, 0) is 4.79 Å². The molecular weight excluding hydrogens is 374 g/mol. The first-order chi connectivity index (χ1) is 12.9. The molecule has 1 amide bonds. The minimum atomic E-state index is -0.476. The summed E-state index contributed by atoms with van der Waals surface area (Å²) in [4.78, 5) is 26.5. The van der Waals surface area contributed by atoms with Crippen molar-refractivity contribution in [2.45, 2.75) is 6.92 Å². The molecule has 1 aromatic heterocycles. The quantitative estimate of drug-likeness (QED) is 0.513. The van der Waals surface area contributed by atoms with Crippen LogP contribution in [0.25, 0.3) is 5.69 Å². The average Bonchev–Trinajstić information content (AvgIpc) is 3.14. The Morgan fingerprint density at radius 1 is 1.33 bits per heavy atom. The normalized spacial score (nSPS) is 10.4. The molecule has 2 aromatic carbocycles. The van der Waals surface area contributed by atoms with Crippen molar-refractivity contribution in [1.82, 2.24) is 14.8 Å². The summed E-state index contributed by atoms with van der Waals surface area (Å²) in [5, 5.41) is 18.0. The SMILES string of the molecule is Cc1cc(OCC(=O)Nc2cc(Cl)ccc2-n2cncn2)ccc1[N+](=O)[O-]. The van der Waals surface area contributed by atoms with Crippen LogP contribution in [0.3, 0.4) is 0 Å². The summed E-state index contributed by atoms with van der Waals surface area (Å²) in [6.45, 7) is 1.32. The van der Waals surface area contributed by atoms with E-state index in [4.69, 9.17) is 16.3 Å². The third-order valence-electron chi connectivity index (χ3n) is 3.63. The molecule has 0 saturated heterocycles. The molecule has 9 nitrogen and oxygen atoms in total. The molecule has 0 atom stereocenters. The van der Waals surface area contributed by atoms with Gasteiger partial charge < -0.3 is 10.1 Å². The fraction of sp³-hybridized carbons (Fsp3) is 0.118. The zero-order valence-corrected chi connectivity index (χ0v) is 14.9. The van der Waals surface area contributed by atoms with E-state index < -0.39 is 10.8 Å². The maximum atomic E-state index is 12.2. The van der Waals surface area contributed by atoms with E-state index in [-0.39, 0.29) is 12.3 Å². The highest BCUT2D eigenvalue weighted by Crippen LogP contribution is 2.25. The van der Waals surface area contributed by atoms with Crippen molar-refractivity contribution in [1.29, 1.82) is 0 Å². The average molecular weight is 388 g/mol. The van der Waals surface area contributed by atoms with Crippen molar-refractivity contribution >= 4 is 28.9 Å². The first-order valence-corrected chi connectivity index (χ1v) is 8.14. The second-order valence-corrected chi connectivity index (χ2v) is 5.98. The van der Waals surface area contributed by atoms with E-state index in [9.17, 15) is 14.9 Å². The summed E-state index contributed by atoms with van der Waals surface area (Å²) in [5.74, 6) is -0.0644. The van der Waals surface area contributed by atoms with E-state index >= 15 is 0 Å². The molecule has 0 radical (unpaired) electrons. The summed E-state index contributed by atoms with van der Waals surface area (Å²) in [6, 6.07) is 9.25. The van der Waals surface area contributed by atoms with Crippen LogP contribution in [-0.4, -0.2) is 32.2 Å². The number of anilines is 1. The van der Waals surface area contributed by atoms with Crippen LogP contribution in [0.5, 0.6) is 5.75 Å². The van der Waals surface area contributed by atoms with Crippen LogP contribution in [0.2, 0.25) is 5.02 Å². The Bertz CT molecular complexity index is 991. The maximum absolute atomic E-state index is 12.2. The largest absolute Gasteiger partial charge is 0.484 e. The van der Waals surface area contributed by atoms with Crippen LogP contribution in [0.1, 0.15) is 5.56 Å². The molecule has 0 aliphatic heterocycles. The molecule has 27 heavy (non-hydrogen) atoms. The van der Waals surface area contributed by atoms with Crippen molar-refractivity contribution < 1.29 is 14.5 Å². The maximum Gasteiger partial charge on any atom is 0.272 e. The molecule has 10 heteroatoms. The van der Waals surface area contributed by atoms with Gasteiger partial charge in [0.25, 0.3) is 11.6 Å². The minimum Gasteiger partial charge on any atom is -0.484 e. The van der Waals surface area contributed by atoms with Crippen LogP contribution in [0.15, 0.2) is 49.1 Å². The van der Waals surface area contributed by atoms with Gasteiger partial charge in [-0.05, 0) is 37.3 Å². The lowest BCUT2D eigenvalue weighted by Crippen LogP contribution is -2.21. The van der Waals surface area contributed by atoms with E-state index in [2.05, 4.69) is 15.4 Å². The van der Waals surface area contributed by atoms with Gasteiger partial charge in [0.1, 0.15) is 18.4 Å². The van der Waals surface area contributed by atoms with Crippen LogP contribution in [0.4, 0.5) is 11.4 Å². The van der Waals surface area contributed by atoms with Gasteiger partial charge in [-0.15, -0.1) is 0 Å². The van der Waals surface area contributed by atoms with Gasteiger partial charge in [0.15, 0.2) is 6.61 Å². The number of carbonyl (C=O) groups is 1. The highest BCUT2D eigenvalue weighted by Gasteiger charge is 2.13. The standard InChI is InChI=1S/C17H14ClN5O4/c1-11-6-13(3-5-15(11)23(25)26)27-8-17(24)21-14-7-12(18)2-4-16(14)22-10-19-9-20-22/h2-7,9-10H,8H2,1H3,(H,21,24). The number of benzene rings is 2. The van der Waals surface area contributed by atoms with Crippen molar-refractivity contribution in [2.24, 2.45) is 0 Å². The molecule has 0 aliphatic rings. The van der Waals surface area contributed by atoms with Gasteiger partial charge in [0.2, 0.25) is 0 Å². The predicted octanol–water partition coefficient (Wildman–Crippen LogP) is 3.15. The van der Waals surface area contributed by atoms with Gasteiger partial charge in [-0.25, -0.2) is 9.67 Å². The Balaban J connectivity index is 1.69. The lowest BCUT2D eigenvalue weighted by molar-refractivity contribution is -0.385. The number of nitrogens with one attached hydrogen (secondary N) is 1. The molecule has 0 aliphatic carbocycles. The summed E-state index contributed by atoms with van der Waals surface area (Å²) < 4.78 is 6.91. The summed E-state index contributed by atoms with van der Waals surface area (Å²) in [7, 11) is 0. The third kappa shape index (κ3) is 4.39. The Labute approximate surface area is 158 Å². The lowest BCUT2D eigenvalue weighted by atomic mass is 10.2. The first-order valence-electron chi connectivity index (χ1n) is 7.76. The molecule has 3 rings (SSSR count). The van der Waals surface area contributed by atoms with Gasteiger partial charge in [0.05, 0.1) is 16.3 Å². The number of carbonyl (C=O) groups excluding carboxylic acids is 1. The Kier molecular flexibility index (Phi) is 5.32. The number of halogens is 1. The van der Waals surface area contributed by atoms with Crippen LogP contribution in [0, 0.1) is 17.0 Å². The smallest absolute Gasteiger partial charge is 0.272 e. The predicted molar refractivity (Wildman–Crippen MR) is 98.3 cm³/mol. The summed E-state index contributed by atoms with van der Waals surface area (Å²) in [6.07, 6.45) is 2.87. The van der Waals surface area contributed by atoms with E-state index in [1.165, 1.54) is 35.5 Å². The molecule has 0 unspecified atom stereocenters. The van der Waals surface area contributed by atoms with Crippen LogP contribution < -0.4 is 10.1 Å². The van der Waals surface area contributed by atoms with E-state index in [1.54, 1.807) is 25.1 Å². The van der Waals surface area contributed by atoms with E-state index in [0.717, 1.165) is 0 Å². The number of hydrogen-bond acceptors (Lipinski definition) is 6. The highest BCUT2D eigenvalue weighted by atomic mass is 35.5. The van der Waals surface area contributed by atoms with Gasteiger partial charge in [-0.3, -0.25) is 14.9 Å². The van der Waals surface area contributed by atoms with Gasteiger partial charge in [-0.2, -0.15) is 5.10 Å². The first kappa shape index (κ1) is 18.3. The third-order valence-corrected chi connectivity index (χ3v) is 3.87. The zero-order valence-electron chi connectivity index (χ0n) is 14.1. The number of hydrogen-bond donors (Lipinski definition) is 1. The lowest BCUT2D eigenvalue weighted by Gasteiger charge is -2.12. The Morgan fingerprint density at radius 3 is 2.81 bits per heavy atom. The summed E-state index contributed by atoms with van der Waals surface area (Å²) in [5.41, 5.74) is 1.47. The number of aryl methyl sites for hydroxylation is 1. The van der Waals surface area contributed by atoms with Crippen molar-refractivity contribution in [3.05, 3.63) is 69.8 Å². The molecule has 0 fully saturated rings. The number of amides is 1. The minimum absolute atomic E-state index is 0.0109. The van der Waals surface area contributed by atoms with Crippen molar-refractivity contribution in [3.8, 4) is 11.4 Å². The molecule has 1 heterocycles. The molecule has 0 saturated carbocycles. The van der Waals surface area contributed by atoms with Gasteiger partial charge >= 0.3 is 0 Å². The second-order valence-electron chi connectivity index (χ2n) is 5.54. The monoisotopic (exact) mass is 387 g/mol. The number of aromatic nitrogens is 3. The van der Waals surface area contributed by atoms with E-state index in [0.29, 0.717) is 27.7 Å². The molecule has 138 valence electrons. The molecule has 0 bridgehead atoms. The number of nitrogens with zero attached hydrogens (tertiary/aromatic N) is 4. The van der Waals surface area contributed by atoms with Crippen molar-refractivity contribution in [3.63, 3.8) is 0 Å². The summed E-state index contributed by atoms with van der Waals surface area (Å²) >= 11 is 6.01. The number of nitro groups is 1. The fourth-order valence-electron chi connectivity index (χ4n) is 2.40. The second kappa shape index (κ2) is 7.83. The van der Waals surface area contributed by atoms with Crippen molar-refractivity contribution in [2.75, 3.05) is 11.9 Å². The fourth-order valence-corrected chi connectivity index (χ4v) is 2.57. The number of nitro benzene ring substituents is 1. The topological polar surface area (TPSA) is 112 Å². The van der Waals surface area contributed by atoms with Crippen LogP contribution >= 0.6 is 11.6 Å². The molecule has 1 N–H and O–H groups in total. The number of rotatable bonds is 6. The Hall–Kier alpha value is -3.46. The zero-order chi connectivity index (χ0) is 19.4. The van der Waals surface area contributed by atoms with E-state index in [1.807, 2.05) is 0 Å². The van der Waals surface area contributed by atoms with Gasteiger partial charge in [-0.1, -0.05) is 11.6 Å². The highest BCUT2D eigenvalue weighted by molar-refractivity contribution is 6.31. The molecular formula is C17H14ClN5O4. The van der Waals surface area contributed by atoms with Gasteiger partial charge in [0, 0.05) is 16.7 Å². The Morgan fingerprint density at radius 2 is 2.15 bits per heavy atom. The molecule has 0 spiro atoms.